The molecule has 0 bridgehead atoms. The van der Waals surface area contributed by atoms with Gasteiger partial charge in [0.25, 0.3) is 0 Å². The Balaban J connectivity index is 1.60. The van der Waals surface area contributed by atoms with Crippen LogP contribution in [0, 0.1) is 18.3 Å². The predicted octanol–water partition coefficient (Wildman–Crippen LogP) is 2.65. The Labute approximate surface area is 146 Å². The molecule has 126 valence electrons. The van der Waals surface area contributed by atoms with E-state index in [1.165, 1.54) is 17.2 Å². The Morgan fingerprint density at radius 3 is 2.56 bits per heavy atom. The largest absolute Gasteiger partial charge is 0.347 e. The fourth-order valence-electron chi connectivity index (χ4n) is 3.04. The molecule has 5 nitrogen and oxygen atoms in total. The lowest BCUT2D eigenvalue weighted by molar-refractivity contribution is -0.136. The minimum atomic E-state index is -0.726. The number of carbonyl (C=O) groups excluding carboxylic acids is 2. The maximum Gasteiger partial charge on any atom is 0.313 e. The summed E-state index contributed by atoms with van der Waals surface area (Å²) < 4.78 is 0. The molecular formula is C20H19N3O2. The normalized spacial score (nSPS) is 14.2. The number of amides is 2. The molecule has 2 amide bonds. The van der Waals surface area contributed by atoms with Gasteiger partial charge in [-0.1, -0.05) is 30.3 Å². The van der Waals surface area contributed by atoms with Crippen LogP contribution in [0.1, 0.15) is 29.5 Å². The van der Waals surface area contributed by atoms with E-state index in [2.05, 4.69) is 29.7 Å². The van der Waals surface area contributed by atoms with E-state index in [1.807, 2.05) is 18.2 Å². The Morgan fingerprint density at radius 2 is 1.88 bits per heavy atom. The minimum Gasteiger partial charge on any atom is -0.347 e. The molecule has 1 saturated carbocycles. The number of carbonyl (C=O) groups is 2. The monoisotopic (exact) mass is 333 g/mol. The second-order valence-electron chi connectivity index (χ2n) is 6.42. The van der Waals surface area contributed by atoms with Crippen LogP contribution in [-0.4, -0.2) is 18.4 Å². The van der Waals surface area contributed by atoms with Gasteiger partial charge in [-0.05, 0) is 49.1 Å². The molecule has 2 aromatic rings. The van der Waals surface area contributed by atoms with Crippen LogP contribution in [0.25, 0.3) is 0 Å². The molecule has 25 heavy (non-hydrogen) atoms. The first-order valence-corrected chi connectivity index (χ1v) is 8.19. The molecule has 0 atom stereocenters. The minimum absolute atomic E-state index is 0.0536. The van der Waals surface area contributed by atoms with E-state index in [0.29, 0.717) is 17.8 Å². The highest BCUT2D eigenvalue weighted by Gasteiger charge is 2.45. The van der Waals surface area contributed by atoms with Crippen LogP contribution in [-0.2, 0) is 15.0 Å². The van der Waals surface area contributed by atoms with Gasteiger partial charge >= 0.3 is 11.8 Å². The lowest BCUT2D eigenvalue weighted by Gasteiger charge is -2.18. The Morgan fingerprint density at radius 1 is 1.12 bits per heavy atom. The molecule has 1 aliphatic rings. The van der Waals surface area contributed by atoms with E-state index in [-0.39, 0.29) is 5.41 Å². The number of anilines is 1. The molecule has 0 heterocycles. The van der Waals surface area contributed by atoms with Crippen LogP contribution >= 0.6 is 0 Å². The van der Waals surface area contributed by atoms with Crippen LogP contribution < -0.4 is 10.6 Å². The van der Waals surface area contributed by atoms with Crippen molar-refractivity contribution in [3.63, 3.8) is 0 Å². The Bertz CT molecular complexity index is 863. The number of nitriles is 1. The smallest absolute Gasteiger partial charge is 0.313 e. The quantitative estimate of drug-likeness (QED) is 0.844. The van der Waals surface area contributed by atoms with E-state index in [1.54, 1.807) is 18.2 Å². The van der Waals surface area contributed by atoms with Gasteiger partial charge < -0.3 is 10.6 Å². The zero-order valence-electron chi connectivity index (χ0n) is 14.0. The molecule has 0 unspecified atom stereocenters. The SMILES string of the molecule is Cc1ccccc1C1(CNC(=O)C(=O)Nc2cccc(C#N)c2)CC1. The van der Waals surface area contributed by atoms with E-state index in [9.17, 15) is 9.59 Å². The molecule has 0 aromatic heterocycles. The number of aryl methyl sites for hydroxylation is 1. The van der Waals surface area contributed by atoms with Crippen molar-refractivity contribution >= 4 is 17.5 Å². The number of hydrogen-bond acceptors (Lipinski definition) is 3. The van der Waals surface area contributed by atoms with Gasteiger partial charge in [0.1, 0.15) is 0 Å². The highest BCUT2D eigenvalue weighted by molar-refractivity contribution is 6.39. The number of benzene rings is 2. The second-order valence-corrected chi connectivity index (χ2v) is 6.42. The average Bonchev–Trinajstić information content (AvgIpc) is 3.41. The Hall–Kier alpha value is -3.13. The van der Waals surface area contributed by atoms with Crippen molar-refractivity contribution < 1.29 is 9.59 Å². The predicted molar refractivity (Wildman–Crippen MR) is 94.9 cm³/mol. The highest BCUT2D eigenvalue weighted by atomic mass is 16.2. The topological polar surface area (TPSA) is 82.0 Å². The molecule has 1 fully saturated rings. The average molecular weight is 333 g/mol. The van der Waals surface area contributed by atoms with Gasteiger partial charge in [0.2, 0.25) is 0 Å². The number of nitrogens with one attached hydrogen (secondary N) is 2. The summed E-state index contributed by atoms with van der Waals surface area (Å²) in [4.78, 5) is 24.2. The molecule has 0 saturated heterocycles. The highest BCUT2D eigenvalue weighted by Crippen LogP contribution is 2.48. The second kappa shape index (κ2) is 6.78. The zero-order chi connectivity index (χ0) is 17.9. The van der Waals surface area contributed by atoms with Gasteiger partial charge in [0, 0.05) is 17.6 Å². The molecule has 2 aromatic carbocycles. The third-order valence-corrected chi connectivity index (χ3v) is 4.61. The van der Waals surface area contributed by atoms with Crippen molar-refractivity contribution in [1.29, 1.82) is 5.26 Å². The standard InChI is InChI=1S/C20H19N3O2/c1-14-5-2-3-8-17(14)20(9-10-20)13-22-18(24)19(25)23-16-7-4-6-15(11-16)12-21/h2-8,11H,9-10,13H2,1H3,(H,22,24)(H,23,25). The lowest BCUT2D eigenvalue weighted by Crippen LogP contribution is -2.39. The summed E-state index contributed by atoms with van der Waals surface area (Å²) >= 11 is 0. The van der Waals surface area contributed by atoms with Gasteiger partial charge in [-0.15, -0.1) is 0 Å². The summed E-state index contributed by atoms with van der Waals surface area (Å²) in [5.74, 6) is -1.39. The molecular weight excluding hydrogens is 314 g/mol. The summed E-state index contributed by atoms with van der Waals surface area (Å²) in [5, 5.41) is 14.1. The molecule has 1 aliphatic carbocycles. The first-order valence-electron chi connectivity index (χ1n) is 8.19. The van der Waals surface area contributed by atoms with E-state index < -0.39 is 11.8 Å². The summed E-state index contributed by atoms with van der Waals surface area (Å²) in [6.45, 7) is 2.51. The van der Waals surface area contributed by atoms with Crippen LogP contribution in [0.4, 0.5) is 5.69 Å². The van der Waals surface area contributed by atoms with Crippen LogP contribution in [0.15, 0.2) is 48.5 Å². The summed E-state index contributed by atoms with van der Waals surface area (Å²) in [6, 6.07) is 16.6. The van der Waals surface area contributed by atoms with Crippen LogP contribution in [0.3, 0.4) is 0 Å². The first kappa shape index (κ1) is 16.7. The number of rotatable bonds is 4. The third kappa shape index (κ3) is 3.69. The molecule has 5 heteroatoms. The van der Waals surface area contributed by atoms with Gasteiger partial charge in [-0.25, -0.2) is 0 Å². The Kier molecular flexibility index (Phi) is 4.53. The fourth-order valence-corrected chi connectivity index (χ4v) is 3.04. The van der Waals surface area contributed by atoms with Crippen LogP contribution in [0.5, 0.6) is 0 Å². The van der Waals surface area contributed by atoms with Gasteiger partial charge in [0.15, 0.2) is 0 Å². The van der Waals surface area contributed by atoms with Crippen LogP contribution in [0.2, 0.25) is 0 Å². The van der Waals surface area contributed by atoms with Gasteiger partial charge in [0.05, 0.1) is 11.6 Å². The van der Waals surface area contributed by atoms with Gasteiger partial charge in [-0.3, -0.25) is 9.59 Å². The van der Waals surface area contributed by atoms with Crippen molar-refractivity contribution in [3.8, 4) is 6.07 Å². The van der Waals surface area contributed by atoms with E-state index in [4.69, 9.17) is 5.26 Å². The van der Waals surface area contributed by atoms with Crippen molar-refractivity contribution in [2.75, 3.05) is 11.9 Å². The van der Waals surface area contributed by atoms with Crippen molar-refractivity contribution in [1.82, 2.24) is 5.32 Å². The maximum atomic E-state index is 12.1. The fraction of sp³-hybridized carbons (Fsp3) is 0.250. The van der Waals surface area contributed by atoms with Crippen molar-refractivity contribution in [2.45, 2.75) is 25.2 Å². The molecule has 3 rings (SSSR count). The maximum absolute atomic E-state index is 12.1. The summed E-state index contributed by atoms with van der Waals surface area (Å²) in [5.41, 5.74) is 3.24. The van der Waals surface area contributed by atoms with E-state index >= 15 is 0 Å². The molecule has 0 spiro atoms. The first-order chi connectivity index (χ1) is 12.0. The van der Waals surface area contributed by atoms with Gasteiger partial charge in [-0.2, -0.15) is 5.26 Å². The molecule has 2 N–H and O–H groups in total. The number of hydrogen-bond donors (Lipinski definition) is 2. The molecule has 0 aliphatic heterocycles. The molecule has 0 radical (unpaired) electrons. The zero-order valence-corrected chi connectivity index (χ0v) is 14.0. The number of nitrogens with zero attached hydrogens (tertiary/aromatic N) is 1. The van der Waals surface area contributed by atoms with Crippen molar-refractivity contribution in [2.24, 2.45) is 0 Å². The lowest BCUT2D eigenvalue weighted by atomic mass is 9.92. The van der Waals surface area contributed by atoms with E-state index in [0.717, 1.165) is 12.8 Å². The third-order valence-electron chi connectivity index (χ3n) is 4.61. The summed E-state index contributed by atoms with van der Waals surface area (Å²) in [6.07, 6.45) is 2.01. The summed E-state index contributed by atoms with van der Waals surface area (Å²) in [7, 11) is 0. The van der Waals surface area contributed by atoms with Crippen molar-refractivity contribution in [3.05, 3.63) is 65.2 Å².